The fourth-order valence-corrected chi connectivity index (χ4v) is 3.55. The van der Waals surface area contributed by atoms with Crippen LogP contribution in [0.2, 0.25) is 0 Å². The van der Waals surface area contributed by atoms with Gasteiger partial charge in [0.2, 0.25) is 0 Å². The quantitative estimate of drug-likeness (QED) is 0.786. The Labute approximate surface area is 102 Å². The zero-order chi connectivity index (χ0) is 12.5. The highest BCUT2D eigenvalue weighted by atomic mass is 32.2. The van der Waals surface area contributed by atoms with E-state index < -0.39 is 9.84 Å². The van der Waals surface area contributed by atoms with Crippen LogP contribution in [0.15, 0.2) is 18.2 Å². The number of nitrogens with two attached hydrogens (primary N) is 1. The molecule has 1 aromatic carbocycles. The van der Waals surface area contributed by atoms with Gasteiger partial charge in [-0.05, 0) is 31.4 Å². The van der Waals surface area contributed by atoms with Gasteiger partial charge in [0.05, 0.1) is 22.9 Å². The van der Waals surface area contributed by atoms with Crippen LogP contribution in [0, 0.1) is 6.92 Å². The van der Waals surface area contributed by atoms with E-state index in [1.54, 1.807) is 0 Å². The third-order valence-electron chi connectivity index (χ3n) is 3.24. The molecule has 1 aromatic rings. The summed E-state index contributed by atoms with van der Waals surface area (Å²) in [5.41, 5.74) is 8.67. The van der Waals surface area contributed by atoms with Gasteiger partial charge >= 0.3 is 0 Å². The topological polar surface area (TPSA) is 72.2 Å². The third kappa shape index (κ3) is 2.91. The molecule has 94 valence electrons. The number of hydrogen-bond donors (Lipinski definition) is 2. The molecule has 5 heteroatoms. The minimum absolute atomic E-state index is 0.211. The number of rotatable bonds is 2. The number of anilines is 2. The Balaban J connectivity index is 2.05. The van der Waals surface area contributed by atoms with Crippen molar-refractivity contribution < 1.29 is 8.42 Å². The van der Waals surface area contributed by atoms with Crippen LogP contribution in [-0.2, 0) is 9.84 Å². The van der Waals surface area contributed by atoms with E-state index in [0.29, 0.717) is 12.8 Å². The summed E-state index contributed by atoms with van der Waals surface area (Å²) in [5.74, 6) is 0.548. The number of sulfone groups is 1. The van der Waals surface area contributed by atoms with E-state index in [9.17, 15) is 8.42 Å². The molecule has 0 amide bonds. The van der Waals surface area contributed by atoms with Crippen LogP contribution < -0.4 is 11.1 Å². The van der Waals surface area contributed by atoms with Crippen molar-refractivity contribution in [3.63, 3.8) is 0 Å². The molecule has 1 fully saturated rings. The van der Waals surface area contributed by atoms with Gasteiger partial charge in [0.15, 0.2) is 0 Å². The van der Waals surface area contributed by atoms with Crippen molar-refractivity contribution in [2.75, 3.05) is 22.6 Å². The predicted octanol–water partition coefficient (Wildman–Crippen LogP) is 1.57. The van der Waals surface area contributed by atoms with E-state index in [0.717, 1.165) is 16.9 Å². The number of hydrogen-bond acceptors (Lipinski definition) is 4. The fourth-order valence-electron chi connectivity index (χ4n) is 2.06. The first-order valence-corrected chi connectivity index (χ1v) is 7.62. The summed E-state index contributed by atoms with van der Waals surface area (Å²) in [7, 11) is -2.80. The van der Waals surface area contributed by atoms with Crippen molar-refractivity contribution in [2.24, 2.45) is 0 Å². The first-order valence-electron chi connectivity index (χ1n) is 5.80. The molecule has 17 heavy (non-hydrogen) atoms. The zero-order valence-corrected chi connectivity index (χ0v) is 10.8. The molecule has 1 saturated heterocycles. The Kier molecular flexibility index (Phi) is 3.28. The Bertz CT molecular complexity index is 497. The second-order valence-electron chi connectivity index (χ2n) is 4.61. The minimum Gasteiger partial charge on any atom is -0.397 e. The molecular formula is C12H18N2O2S. The summed E-state index contributed by atoms with van der Waals surface area (Å²) in [6.07, 6.45) is 1.32. The van der Waals surface area contributed by atoms with Crippen LogP contribution in [0.25, 0.3) is 0 Å². The Morgan fingerprint density at radius 1 is 1.29 bits per heavy atom. The fraction of sp³-hybridized carbons (Fsp3) is 0.500. The van der Waals surface area contributed by atoms with Gasteiger partial charge in [0, 0.05) is 6.04 Å². The second kappa shape index (κ2) is 4.56. The maximum Gasteiger partial charge on any atom is 0.150 e. The third-order valence-corrected chi connectivity index (χ3v) is 4.95. The average molecular weight is 254 g/mol. The molecule has 1 aliphatic heterocycles. The molecule has 0 radical (unpaired) electrons. The van der Waals surface area contributed by atoms with E-state index in [1.165, 1.54) is 0 Å². The van der Waals surface area contributed by atoms with Crippen molar-refractivity contribution in [3.8, 4) is 0 Å². The van der Waals surface area contributed by atoms with Gasteiger partial charge in [0.1, 0.15) is 9.84 Å². The highest BCUT2D eigenvalue weighted by Crippen LogP contribution is 2.25. The maximum absolute atomic E-state index is 11.3. The normalized spacial score (nSPS) is 20.1. The van der Waals surface area contributed by atoms with Crippen LogP contribution >= 0.6 is 0 Å². The van der Waals surface area contributed by atoms with Crippen LogP contribution in [0.4, 0.5) is 11.4 Å². The van der Waals surface area contributed by atoms with Gasteiger partial charge in [-0.2, -0.15) is 0 Å². The highest BCUT2D eigenvalue weighted by Gasteiger charge is 2.23. The molecule has 0 bridgehead atoms. The van der Waals surface area contributed by atoms with E-state index in [4.69, 9.17) is 5.73 Å². The summed E-state index contributed by atoms with van der Waals surface area (Å²) >= 11 is 0. The van der Waals surface area contributed by atoms with Gasteiger partial charge in [-0.1, -0.05) is 12.1 Å². The summed E-state index contributed by atoms with van der Waals surface area (Å²) in [6, 6.07) is 6.06. The van der Waals surface area contributed by atoms with Gasteiger partial charge in [0.25, 0.3) is 0 Å². The first-order chi connectivity index (χ1) is 7.98. The second-order valence-corrected chi connectivity index (χ2v) is 6.91. The summed E-state index contributed by atoms with van der Waals surface area (Å²) in [5, 5.41) is 3.34. The van der Waals surface area contributed by atoms with Gasteiger partial charge in [-0.15, -0.1) is 0 Å². The lowest BCUT2D eigenvalue weighted by Crippen LogP contribution is -2.32. The highest BCUT2D eigenvalue weighted by molar-refractivity contribution is 7.91. The monoisotopic (exact) mass is 254 g/mol. The van der Waals surface area contributed by atoms with Gasteiger partial charge < -0.3 is 11.1 Å². The lowest BCUT2D eigenvalue weighted by molar-refractivity contribution is 0.559. The van der Waals surface area contributed by atoms with Crippen molar-refractivity contribution in [2.45, 2.75) is 25.8 Å². The summed E-state index contributed by atoms with van der Waals surface area (Å²) in [4.78, 5) is 0. The molecule has 1 aliphatic rings. The molecule has 0 aromatic heterocycles. The number of nitrogen functional groups attached to an aromatic ring is 1. The molecule has 0 atom stereocenters. The van der Waals surface area contributed by atoms with Crippen LogP contribution in [0.3, 0.4) is 0 Å². The molecular weight excluding hydrogens is 236 g/mol. The zero-order valence-electron chi connectivity index (χ0n) is 9.94. The Morgan fingerprint density at radius 2 is 1.94 bits per heavy atom. The van der Waals surface area contributed by atoms with Crippen molar-refractivity contribution in [3.05, 3.63) is 23.8 Å². The molecule has 0 saturated carbocycles. The molecule has 4 nitrogen and oxygen atoms in total. The van der Waals surface area contributed by atoms with Crippen LogP contribution in [0.5, 0.6) is 0 Å². The first kappa shape index (κ1) is 12.2. The van der Waals surface area contributed by atoms with Gasteiger partial charge in [-0.3, -0.25) is 0 Å². The van der Waals surface area contributed by atoms with E-state index in [1.807, 2.05) is 25.1 Å². The molecule has 1 heterocycles. The van der Waals surface area contributed by atoms with Gasteiger partial charge in [-0.25, -0.2) is 8.42 Å². The molecule has 0 unspecified atom stereocenters. The number of nitrogens with one attached hydrogen (secondary N) is 1. The number of benzene rings is 1. The van der Waals surface area contributed by atoms with Crippen molar-refractivity contribution in [1.82, 2.24) is 0 Å². The SMILES string of the molecule is Cc1cccc(NC2CCS(=O)(=O)CC2)c1N. The molecule has 0 spiro atoms. The minimum atomic E-state index is -2.80. The van der Waals surface area contributed by atoms with Crippen LogP contribution in [-0.4, -0.2) is 26.0 Å². The smallest absolute Gasteiger partial charge is 0.150 e. The molecule has 3 N–H and O–H groups in total. The molecule has 0 aliphatic carbocycles. The lowest BCUT2D eigenvalue weighted by Gasteiger charge is -2.25. The van der Waals surface area contributed by atoms with Crippen molar-refractivity contribution in [1.29, 1.82) is 0 Å². The van der Waals surface area contributed by atoms with Crippen LogP contribution in [0.1, 0.15) is 18.4 Å². The average Bonchev–Trinajstić information content (AvgIpc) is 2.27. The lowest BCUT2D eigenvalue weighted by atomic mass is 10.1. The summed E-state index contributed by atoms with van der Waals surface area (Å²) < 4.78 is 22.6. The van der Waals surface area contributed by atoms with Crippen molar-refractivity contribution >= 4 is 21.2 Å². The standard InChI is InChI=1S/C12H18N2O2S/c1-9-3-2-4-11(12(9)13)14-10-5-7-17(15,16)8-6-10/h2-4,10,14H,5-8,13H2,1H3. The Morgan fingerprint density at radius 3 is 2.59 bits per heavy atom. The Hall–Kier alpha value is -1.23. The van der Waals surface area contributed by atoms with E-state index in [2.05, 4.69) is 5.32 Å². The summed E-state index contributed by atoms with van der Waals surface area (Å²) in [6.45, 7) is 1.96. The van der Waals surface area contributed by atoms with E-state index in [-0.39, 0.29) is 17.5 Å². The maximum atomic E-state index is 11.3. The molecule has 2 rings (SSSR count). The largest absolute Gasteiger partial charge is 0.397 e. The van der Waals surface area contributed by atoms with E-state index >= 15 is 0 Å². The number of para-hydroxylation sites is 1. The number of aryl methyl sites for hydroxylation is 1. The predicted molar refractivity (Wildman–Crippen MR) is 70.9 cm³/mol.